The summed E-state index contributed by atoms with van der Waals surface area (Å²) in [5, 5.41) is 11.7. The Morgan fingerprint density at radius 2 is 1.24 bits per heavy atom. The maximum atomic E-state index is 12.6. The van der Waals surface area contributed by atoms with Crippen molar-refractivity contribution in [2.45, 2.75) is 102 Å². The number of nitrogens with zero attached hydrogens (tertiary/aromatic N) is 5. The predicted molar refractivity (Wildman–Crippen MR) is 182 cm³/mol. The van der Waals surface area contributed by atoms with Gasteiger partial charge in [-0.25, -0.2) is 21.6 Å². The average Bonchev–Trinajstić information content (AvgIpc) is 3.66. The van der Waals surface area contributed by atoms with Gasteiger partial charge in [0.1, 0.15) is 15.4 Å². The minimum atomic E-state index is -3.36. The van der Waals surface area contributed by atoms with E-state index in [4.69, 9.17) is 27.9 Å². The summed E-state index contributed by atoms with van der Waals surface area (Å²) >= 11 is 9.53. The zero-order valence-electron chi connectivity index (χ0n) is 28.2. The van der Waals surface area contributed by atoms with E-state index in [1.54, 1.807) is 26.7 Å². The van der Waals surface area contributed by atoms with Crippen LogP contribution in [0, 0.1) is 11.8 Å². The molecule has 0 spiro atoms. The number of amides is 1. The van der Waals surface area contributed by atoms with Crippen LogP contribution in [0.25, 0.3) is 0 Å². The van der Waals surface area contributed by atoms with E-state index in [0.29, 0.717) is 30.8 Å². The number of hydrogen-bond donors (Lipinski definition) is 1. The number of ether oxygens (including phenoxy) is 1. The van der Waals surface area contributed by atoms with Crippen molar-refractivity contribution in [2.24, 2.45) is 11.8 Å². The number of carbonyl (C=O) groups excluding carboxylic acids is 1. The Balaban J connectivity index is 0.000000308. The maximum Gasteiger partial charge on any atom is 0.410 e. The standard InChI is InChI=1S/C17H29N3O4S.C12H21N3O2S.CH2Cl2/c1-13(2)20-11-15(10-18-20)25(22,23)12-14-6-8-19(9-7-14)16(21)24-17(3,4)5;1-10(2)15-8-12(7-14-15)18(16,17)9-11-3-5-13-6-4-11;2-1-3/h10-11,13-14H,6-9,12H2,1-5H3;7-8,10-11,13H,3-6,9H2,1-2H3;1H2. The number of nitrogens with one attached hydrogen (secondary N) is 1. The summed E-state index contributed by atoms with van der Waals surface area (Å²) in [4.78, 5) is 14.4. The normalized spacial score (nSPS) is 16.9. The molecule has 0 aromatic carbocycles. The lowest BCUT2D eigenvalue weighted by Gasteiger charge is -2.33. The molecule has 2 aliphatic heterocycles. The molecule has 0 aliphatic carbocycles. The second-order valence-corrected chi connectivity index (χ2v) is 18.1. The first-order valence-electron chi connectivity index (χ1n) is 15.7. The van der Waals surface area contributed by atoms with Crippen molar-refractivity contribution in [1.29, 1.82) is 0 Å². The molecule has 2 fully saturated rings. The number of likely N-dealkylation sites (tertiary alicyclic amines) is 1. The number of hydrogen-bond acceptors (Lipinski definition) is 9. The zero-order valence-corrected chi connectivity index (χ0v) is 31.3. The summed E-state index contributed by atoms with van der Waals surface area (Å²) in [5.41, 5.74) is -0.520. The van der Waals surface area contributed by atoms with E-state index in [1.165, 1.54) is 12.4 Å². The second-order valence-electron chi connectivity index (χ2n) is 13.3. The molecule has 2 aromatic heterocycles. The van der Waals surface area contributed by atoms with Crippen molar-refractivity contribution >= 4 is 49.0 Å². The number of carbonyl (C=O) groups is 1. The number of halogens is 2. The number of alkyl halides is 2. The van der Waals surface area contributed by atoms with E-state index in [2.05, 4.69) is 15.5 Å². The van der Waals surface area contributed by atoms with Gasteiger partial charge < -0.3 is 15.0 Å². The van der Waals surface area contributed by atoms with Crippen LogP contribution in [0.2, 0.25) is 0 Å². The fraction of sp³-hybridized carbons (Fsp3) is 0.767. The van der Waals surface area contributed by atoms with Gasteiger partial charge in [0.05, 0.1) is 29.2 Å². The molecular weight excluding hydrogens is 675 g/mol. The molecule has 1 N–H and O–H groups in total. The molecule has 2 aliphatic rings. The quantitative estimate of drug-likeness (QED) is 0.347. The smallest absolute Gasteiger partial charge is 0.410 e. The van der Waals surface area contributed by atoms with Gasteiger partial charge in [-0.2, -0.15) is 10.2 Å². The van der Waals surface area contributed by atoms with Crippen molar-refractivity contribution in [3.8, 4) is 0 Å². The molecule has 46 heavy (non-hydrogen) atoms. The summed E-state index contributed by atoms with van der Waals surface area (Å²) in [6.07, 6.45) is 9.01. The van der Waals surface area contributed by atoms with Crippen LogP contribution in [0.3, 0.4) is 0 Å². The number of sulfone groups is 2. The minimum Gasteiger partial charge on any atom is -0.444 e. The SMILES string of the molecule is CC(C)n1cc(S(=O)(=O)CC2CCN(C(=O)OC(C)(C)C)CC2)cn1.CC(C)n1cc(S(=O)(=O)CC2CCNCC2)cn1.ClCCl. The van der Waals surface area contributed by atoms with Crippen LogP contribution in [0.1, 0.15) is 86.2 Å². The average molecular weight is 728 g/mol. The zero-order chi connectivity index (χ0) is 34.7. The van der Waals surface area contributed by atoms with Gasteiger partial charge in [-0.3, -0.25) is 9.36 Å². The highest BCUT2D eigenvalue weighted by Gasteiger charge is 2.30. The van der Waals surface area contributed by atoms with Gasteiger partial charge in [0.15, 0.2) is 19.7 Å². The first-order chi connectivity index (χ1) is 21.4. The van der Waals surface area contributed by atoms with Gasteiger partial charge >= 0.3 is 6.09 Å². The molecule has 0 bridgehead atoms. The number of piperidine rings is 2. The van der Waals surface area contributed by atoms with Crippen molar-refractivity contribution in [1.82, 2.24) is 29.8 Å². The molecule has 2 aromatic rings. The van der Waals surface area contributed by atoms with E-state index < -0.39 is 25.3 Å². The summed E-state index contributed by atoms with van der Waals surface area (Å²) in [6, 6.07) is 0.314. The van der Waals surface area contributed by atoms with Crippen molar-refractivity contribution in [2.75, 3.05) is 43.0 Å². The first-order valence-corrected chi connectivity index (χ1v) is 20.1. The van der Waals surface area contributed by atoms with Crippen LogP contribution in [0.4, 0.5) is 4.79 Å². The summed E-state index contributed by atoms with van der Waals surface area (Å²) in [6.45, 7) is 16.3. The molecule has 4 rings (SSSR count). The van der Waals surface area contributed by atoms with E-state index in [1.807, 2.05) is 48.5 Å². The predicted octanol–water partition coefficient (Wildman–Crippen LogP) is 5.54. The lowest BCUT2D eigenvalue weighted by molar-refractivity contribution is 0.0191. The van der Waals surface area contributed by atoms with Gasteiger partial charge in [0.25, 0.3) is 0 Å². The number of aromatic nitrogens is 4. The Bertz CT molecular complexity index is 1420. The minimum absolute atomic E-state index is 0.0473. The third-order valence-electron chi connectivity index (χ3n) is 7.57. The molecule has 264 valence electrons. The maximum absolute atomic E-state index is 12.6. The third kappa shape index (κ3) is 13.3. The Morgan fingerprint density at radius 3 is 1.59 bits per heavy atom. The van der Waals surface area contributed by atoms with Gasteiger partial charge in [-0.05, 0) is 99.1 Å². The fourth-order valence-electron chi connectivity index (χ4n) is 5.00. The summed E-state index contributed by atoms with van der Waals surface area (Å²) in [7, 11) is -6.54. The molecule has 0 saturated carbocycles. The van der Waals surface area contributed by atoms with Gasteiger partial charge in [-0.1, -0.05) is 0 Å². The van der Waals surface area contributed by atoms with Gasteiger partial charge in [0, 0.05) is 37.6 Å². The van der Waals surface area contributed by atoms with E-state index in [0.717, 1.165) is 25.9 Å². The monoisotopic (exact) mass is 726 g/mol. The van der Waals surface area contributed by atoms with Crippen molar-refractivity contribution in [3.63, 3.8) is 0 Å². The Hall–Kier alpha value is -1.87. The number of rotatable bonds is 8. The van der Waals surface area contributed by atoms with Crippen LogP contribution in [0.15, 0.2) is 34.6 Å². The molecule has 0 unspecified atom stereocenters. The molecule has 12 nitrogen and oxygen atoms in total. The Labute approximate surface area is 285 Å². The molecule has 4 heterocycles. The second kappa shape index (κ2) is 18.0. The van der Waals surface area contributed by atoms with Crippen LogP contribution < -0.4 is 5.32 Å². The van der Waals surface area contributed by atoms with E-state index in [9.17, 15) is 21.6 Å². The Kier molecular flexibility index (Phi) is 15.8. The first kappa shape index (κ1) is 40.3. The van der Waals surface area contributed by atoms with Crippen LogP contribution in [-0.2, 0) is 24.4 Å². The highest BCUT2D eigenvalue weighted by molar-refractivity contribution is 7.91. The fourth-order valence-corrected chi connectivity index (χ4v) is 8.24. The van der Waals surface area contributed by atoms with E-state index >= 15 is 0 Å². The molecule has 2 saturated heterocycles. The third-order valence-corrected chi connectivity index (χ3v) is 11.2. The molecule has 0 radical (unpaired) electrons. The molecule has 0 atom stereocenters. The lowest BCUT2D eigenvalue weighted by Crippen LogP contribution is -2.42. The van der Waals surface area contributed by atoms with Crippen LogP contribution >= 0.6 is 23.2 Å². The molecule has 16 heteroatoms. The largest absolute Gasteiger partial charge is 0.444 e. The van der Waals surface area contributed by atoms with Crippen molar-refractivity contribution < 1.29 is 26.4 Å². The van der Waals surface area contributed by atoms with Gasteiger partial charge in [-0.15, -0.1) is 23.2 Å². The topological polar surface area (TPSA) is 145 Å². The molecular formula is C30H52Cl2N6O6S2. The van der Waals surface area contributed by atoms with E-state index in [-0.39, 0.29) is 51.8 Å². The van der Waals surface area contributed by atoms with Crippen LogP contribution in [0.5, 0.6) is 0 Å². The highest BCUT2D eigenvalue weighted by Crippen LogP contribution is 2.24. The summed E-state index contributed by atoms with van der Waals surface area (Å²) in [5.74, 6) is 0.668. The van der Waals surface area contributed by atoms with Crippen molar-refractivity contribution in [3.05, 3.63) is 24.8 Å². The van der Waals surface area contributed by atoms with Crippen LogP contribution in [-0.4, -0.2) is 96.0 Å². The highest BCUT2D eigenvalue weighted by atomic mass is 35.5. The lowest BCUT2D eigenvalue weighted by atomic mass is 9.99. The molecule has 1 amide bonds. The summed E-state index contributed by atoms with van der Waals surface area (Å²) < 4.78 is 58.4. The Morgan fingerprint density at radius 1 is 0.848 bits per heavy atom. The van der Waals surface area contributed by atoms with Gasteiger partial charge in [0.2, 0.25) is 0 Å².